The number of guanidine groups is 1. The molecule has 0 spiro atoms. The lowest BCUT2D eigenvalue weighted by Crippen LogP contribution is -2.32. The monoisotopic (exact) mass is 288 g/mol. The van der Waals surface area contributed by atoms with Crippen LogP contribution in [-0.2, 0) is 0 Å². The minimum Gasteiger partial charge on any atom is -0.506 e. The summed E-state index contributed by atoms with van der Waals surface area (Å²) in [5.74, 6) is 0.986. The smallest absolute Gasteiger partial charge is 0.215 e. The van der Waals surface area contributed by atoms with Crippen LogP contribution in [0.1, 0.15) is 26.2 Å². The molecule has 0 bridgehead atoms. The SMILES string of the molecule is CC(=N)/C=N\C(=N)NC1CCC(Nc2ccc(O)cn2)C1. The summed E-state index contributed by atoms with van der Waals surface area (Å²) in [4.78, 5) is 7.97. The second-order valence-corrected chi connectivity index (χ2v) is 5.19. The van der Waals surface area contributed by atoms with Crippen LogP contribution < -0.4 is 10.6 Å². The van der Waals surface area contributed by atoms with Gasteiger partial charge in [0.25, 0.3) is 0 Å². The molecule has 7 nitrogen and oxygen atoms in total. The maximum atomic E-state index is 9.20. The molecule has 112 valence electrons. The van der Waals surface area contributed by atoms with Crippen LogP contribution in [0.3, 0.4) is 0 Å². The third kappa shape index (κ3) is 4.87. The van der Waals surface area contributed by atoms with Crippen molar-refractivity contribution in [3.8, 4) is 5.75 Å². The summed E-state index contributed by atoms with van der Waals surface area (Å²) in [5, 5.41) is 30.5. The van der Waals surface area contributed by atoms with Gasteiger partial charge in [-0.25, -0.2) is 9.98 Å². The standard InChI is InChI=1S/C14H20N6O/c1-9(15)7-18-14(16)20-11-3-2-10(6-11)19-13-5-4-12(21)8-17-13/h4-5,7-8,10-11,15,21H,2-3,6H2,1H3,(H2,16,20)(H,17,19)/b15-9?,18-7-. The van der Waals surface area contributed by atoms with Crippen molar-refractivity contribution in [2.45, 2.75) is 38.3 Å². The van der Waals surface area contributed by atoms with E-state index in [2.05, 4.69) is 20.6 Å². The molecule has 0 aliphatic heterocycles. The predicted molar refractivity (Wildman–Crippen MR) is 83.7 cm³/mol. The highest BCUT2D eigenvalue weighted by atomic mass is 16.3. The second kappa shape index (κ2) is 6.83. The number of nitrogens with one attached hydrogen (secondary N) is 4. The highest BCUT2D eigenvalue weighted by molar-refractivity contribution is 6.29. The van der Waals surface area contributed by atoms with Gasteiger partial charge >= 0.3 is 0 Å². The molecule has 0 saturated heterocycles. The number of hydrogen-bond donors (Lipinski definition) is 5. The maximum absolute atomic E-state index is 9.20. The van der Waals surface area contributed by atoms with Crippen LogP contribution in [0.5, 0.6) is 5.75 Å². The molecule has 2 unspecified atom stereocenters. The van der Waals surface area contributed by atoms with Crippen LogP contribution in [-0.4, -0.2) is 40.1 Å². The van der Waals surface area contributed by atoms with Crippen LogP contribution in [0.25, 0.3) is 0 Å². The zero-order valence-corrected chi connectivity index (χ0v) is 11.9. The number of anilines is 1. The van der Waals surface area contributed by atoms with Crippen molar-refractivity contribution in [3.63, 3.8) is 0 Å². The number of rotatable bonds is 4. The van der Waals surface area contributed by atoms with Crippen molar-refractivity contribution < 1.29 is 5.11 Å². The molecule has 1 saturated carbocycles. The maximum Gasteiger partial charge on any atom is 0.215 e. The zero-order chi connectivity index (χ0) is 15.2. The molecule has 1 aromatic heterocycles. The van der Waals surface area contributed by atoms with Gasteiger partial charge in [0, 0.05) is 17.8 Å². The van der Waals surface area contributed by atoms with Crippen LogP contribution in [0.4, 0.5) is 5.82 Å². The highest BCUT2D eigenvalue weighted by Gasteiger charge is 2.25. The first kappa shape index (κ1) is 15.0. The molecule has 1 aromatic rings. The van der Waals surface area contributed by atoms with Gasteiger partial charge < -0.3 is 21.1 Å². The normalized spacial score (nSPS) is 21.4. The van der Waals surface area contributed by atoms with Crippen LogP contribution in [0, 0.1) is 10.8 Å². The summed E-state index contributed by atoms with van der Waals surface area (Å²) in [6.45, 7) is 1.62. The van der Waals surface area contributed by atoms with Gasteiger partial charge in [-0.2, -0.15) is 0 Å². The Morgan fingerprint density at radius 2 is 2.14 bits per heavy atom. The molecule has 5 N–H and O–H groups in total. The van der Waals surface area contributed by atoms with E-state index in [-0.39, 0.29) is 17.8 Å². The summed E-state index contributed by atoms with van der Waals surface area (Å²) in [6, 6.07) is 3.84. The average Bonchev–Trinajstić information content (AvgIpc) is 2.86. The van der Waals surface area contributed by atoms with Gasteiger partial charge in [-0.3, -0.25) is 5.41 Å². The molecule has 1 aliphatic carbocycles. The van der Waals surface area contributed by atoms with E-state index in [9.17, 15) is 5.11 Å². The molecule has 2 atom stereocenters. The number of pyridine rings is 1. The molecule has 1 heterocycles. The van der Waals surface area contributed by atoms with E-state index in [0.717, 1.165) is 25.1 Å². The molecular formula is C14H20N6O. The summed E-state index contributed by atoms with van der Waals surface area (Å²) >= 11 is 0. The Morgan fingerprint density at radius 3 is 2.81 bits per heavy atom. The molecule has 1 aliphatic rings. The Bertz CT molecular complexity index is 539. The van der Waals surface area contributed by atoms with Crippen molar-refractivity contribution >= 4 is 23.7 Å². The summed E-state index contributed by atoms with van der Waals surface area (Å²) in [7, 11) is 0. The number of nitrogens with zero attached hydrogens (tertiary/aromatic N) is 2. The van der Waals surface area contributed by atoms with Crippen molar-refractivity contribution in [2.24, 2.45) is 4.99 Å². The lowest BCUT2D eigenvalue weighted by atomic mass is 10.2. The topological polar surface area (TPSA) is 117 Å². The quantitative estimate of drug-likeness (QED) is 0.428. The van der Waals surface area contributed by atoms with Gasteiger partial charge in [-0.1, -0.05) is 0 Å². The third-order valence-electron chi connectivity index (χ3n) is 3.26. The third-order valence-corrected chi connectivity index (χ3v) is 3.26. The summed E-state index contributed by atoms with van der Waals surface area (Å²) in [6.07, 6.45) is 5.60. The Hall–Kier alpha value is -2.44. The Labute approximate surface area is 123 Å². The van der Waals surface area contributed by atoms with Crippen molar-refractivity contribution in [2.75, 3.05) is 5.32 Å². The lowest BCUT2D eigenvalue weighted by Gasteiger charge is -2.15. The molecule has 0 radical (unpaired) electrons. The van der Waals surface area contributed by atoms with Gasteiger partial charge in [0.05, 0.1) is 12.4 Å². The van der Waals surface area contributed by atoms with Gasteiger partial charge in [0.1, 0.15) is 11.6 Å². The van der Waals surface area contributed by atoms with E-state index in [1.165, 1.54) is 12.4 Å². The van der Waals surface area contributed by atoms with E-state index >= 15 is 0 Å². The van der Waals surface area contributed by atoms with E-state index in [4.69, 9.17) is 10.8 Å². The van der Waals surface area contributed by atoms with Crippen molar-refractivity contribution in [3.05, 3.63) is 18.3 Å². The first-order valence-corrected chi connectivity index (χ1v) is 6.89. The first-order chi connectivity index (χ1) is 10.0. The summed E-state index contributed by atoms with van der Waals surface area (Å²) in [5.41, 5.74) is 0.325. The van der Waals surface area contributed by atoms with E-state index in [0.29, 0.717) is 11.8 Å². The number of aromatic hydroxyl groups is 1. The zero-order valence-electron chi connectivity index (χ0n) is 11.9. The van der Waals surface area contributed by atoms with Crippen LogP contribution >= 0.6 is 0 Å². The van der Waals surface area contributed by atoms with Gasteiger partial charge in [0.15, 0.2) is 0 Å². The average molecular weight is 288 g/mol. The first-order valence-electron chi connectivity index (χ1n) is 6.89. The largest absolute Gasteiger partial charge is 0.506 e. The minimum absolute atomic E-state index is 0.0926. The molecule has 7 heteroatoms. The number of aliphatic imine (C=N–C) groups is 1. The Balaban J connectivity index is 1.79. The molecule has 0 amide bonds. The van der Waals surface area contributed by atoms with E-state index < -0.39 is 0 Å². The second-order valence-electron chi connectivity index (χ2n) is 5.19. The summed E-state index contributed by atoms with van der Waals surface area (Å²) < 4.78 is 0. The van der Waals surface area contributed by atoms with Gasteiger partial charge in [-0.05, 0) is 38.3 Å². The van der Waals surface area contributed by atoms with Crippen LogP contribution in [0.15, 0.2) is 23.3 Å². The van der Waals surface area contributed by atoms with E-state index in [1.54, 1.807) is 19.1 Å². The Morgan fingerprint density at radius 1 is 1.38 bits per heavy atom. The Kier molecular flexibility index (Phi) is 4.86. The molecule has 0 aromatic carbocycles. The molecular weight excluding hydrogens is 268 g/mol. The fourth-order valence-corrected chi connectivity index (χ4v) is 2.32. The van der Waals surface area contributed by atoms with Crippen LogP contribution in [0.2, 0.25) is 0 Å². The van der Waals surface area contributed by atoms with Gasteiger partial charge in [-0.15, -0.1) is 0 Å². The molecule has 2 rings (SSSR count). The fourth-order valence-electron chi connectivity index (χ4n) is 2.32. The number of hydrogen-bond acceptors (Lipinski definition) is 5. The van der Waals surface area contributed by atoms with E-state index in [1.807, 2.05) is 0 Å². The molecule has 21 heavy (non-hydrogen) atoms. The van der Waals surface area contributed by atoms with Gasteiger partial charge in [0.2, 0.25) is 5.96 Å². The highest BCUT2D eigenvalue weighted by Crippen LogP contribution is 2.22. The number of aromatic nitrogens is 1. The fraction of sp³-hybridized carbons (Fsp3) is 0.429. The lowest BCUT2D eigenvalue weighted by molar-refractivity contribution is 0.472. The van der Waals surface area contributed by atoms with Crippen molar-refractivity contribution in [1.29, 1.82) is 10.8 Å². The molecule has 1 fully saturated rings. The van der Waals surface area contributed by atoms with Crippen molar-refractivity contribution in [1.82, 2.24) is 10.3 Å². The minimum atomic E-state index is 0.0926. The predicted octanol–water partition coefficient (Wildman–Crippen LogP) is 1.76.